The van der Waals surface area contributed by atoms with E-state index in [2.05, 4.69) is 10.3 Å². The maximum Gasteiger partial charge on any atom is 0.251 e. The van der Waals surface area contributed by atoms with Crippen molar-refractivity contribution in [3.05, 3.63) is 53.9 Å². The van der Waals surface area contributed by atoms with Gasteiger partial charge in [-0.3, -0.25) is 9.78 Å². The van der Waals surface area contributed by atoms with Crippen LogP contribution < -0.4 is 20.5 Å². The minimum absolute atomic E-state index is 0. The predicted molar refractivity (Wildman–Crippen MR) is 114 cm³/mol. The third-order valence-corrected chi connectivity index (χ3v) is 4.35. The van der Waals surface area contributed by atoms with Crippen LogP contribution in [0.4, 0.5) is 0 Å². The first-order valence-corrected chi connectivity index (χ1v) is 8.99. The zero-order valence-corrected chi connectivity index (χ0v) is 17.4. The number of nitrogens with zero attached hydrogens (tertiary/aromatic N) is 1. The Kier molecular flexibility index (Phi) is 10.1. The fraction of sp³-hybridized carbons (Fsp3) is 0.400. The van der Waals surface area contributed by atoms with Crippen LogP contribution in [0.2, 0.25) is 0 Å². The van der Waals surface area contributed by atoms with Gasteiger partial charge in [0, 0.05) is 36.1 Å². The number of amides is 1. The molecule has 1 aliphatic carbocycles. The van der Waals surface area contributed by atoms with E-state index in [9.17, 15) is 4.79 Å². The lowest BCUT2D eigenvalue weighted by Crippen LogP contribution is -2.38. The van der Waals surface area contributed by atoms with Gasteiger partial charge in [-0.1, -0.05) is 6.07 Å². The van der Waals surface area contributed by atoms with Crippen molar-refractivity contribution in [2.24, 2.45) is 11.7 Å². The number of rotatable bonds is 9. The molecule has 8 heteroatoms. The highest BCUT2D eigenvalue weighted by molar-refractivity contribution is 5.94. The molecule has 1 saturated carbocycles. The lowest BCUT2D eigenvalue weighted by molar-refractivity contribution is 0.0949. The van der Waals surface area contributed by atoms with E-state index in [1.165, 1.54) is 0 Å². The Hall–Kier alpha value is -2.02. The van der Waals surface area contributed by atoms with E-state index in [4.69, 9.17) is 15.2 Å². The molecule has 2 aromatic rings. The van der Waals surface area contributed by atoms with Crippen LogP contribution in [0.3, 0.4) is 0 Å². The van der Waals surface area contributed by atoms with Crippen molar-refractivity contribution in [1.29, 1.82) is 0 Å². The Bertz CT molecular complexity index is 743. The van der Waals surface area contributed by atoms with E-state index in [1.54, 1.807) is 30.6 Å². The average Bonchev–Trinajstić information content (AvgIpc) is 3.51. The second kappa shape index (κ2) is 11.7. The summed E-state index contributed by atoms with van der Waals surface area (Å²) in [5.41, 5.74) is 7.53. The Balaban J connectivity index is 0.00000196. The molecule has 1 amide bonds. The zero-order chi connectivity index (χ0) is 18.4. The van der Waals surface area contributed by atoms with Crippen LogP contribution in [0.15, 0.2) is 42.7 Å². The topological polar surface area (TPSA) is 86.5 Å². The lowest BCUT2D eigenvalue weighted by Gasteiger charge is -2.15. The molecule has 0 spiro atoms. The summed E-state index contributed by atoms with van der Waals surface area (Å²) in [6.07, 6.45) is 5.80. The van der Waals surface area contributed by atoms with E-state index < -0.39 is 0 Å². The van der Waals surface area contributed by atoms with E-state index in [0.717, 1.165) is 18.4 Å². The highest BCUT2D eigenvalue weighted by Crippen LogP contribution is 2.31. The maximum atomic E-state index is 12.4. The molecule has 0 aliphatic heterocycles. The van der Waals surface area contributed by atoms with Crippen molar-refractivity contribution in [3.8, 4) is 11.5 Å². The van der Waals surface area contributed by atoms with E-state index in [0.29, 0.717) is 42.7 Å². The molecule has 1 unspecified atom stereocenters. The number of hydrogen-bond acceptors (Lipinski definition) is 5. The van der Waals surface area contributed by atoms with Crippen molar-refractivity contribution >= 4 is 30.7 Å². The monoisotopic (exact) mass is 427 g/mol. The predicted octanol–water partition coefficient (Wildman–Crippen LogP) is 3.37. The number of nitrogens with one attached hydrogen (secondary N) is 1. The van der Waals surface area contributed by atoms with E-state index in [-0.39, 0.29) is 36.8 Å². The number of benzene rings is 1. The van der Waals surface area contributed by atoms with Crippen LogP contribution >= 0.6 is 24.8 Å². The molecular formula is C20H27Cl2N3O3. The SMILES string of the molecule is CCOc1cc(C(=O)NCC(N)C2CC2)ccc1OCc1cccnc1.Cl.Cl. The van der Waals surface area contributed by atoms with Crippen molar-refractivity contribution in [3.63, 3.8) is 0 Å². The molecule has 0 bridgehead atoms. The van der Waals surface area contributed by atoms with Crippen molar-refractivity contribution in [1.82, 2.24) is 10.3 Å². The Morgan fingerprint density at radius 1 is 1.25 bits per heavy atom. The Morgan fingerprint density at radius 2 is 2.04 bits per heavy atom. The number of nitrogens with two attached hydrogens (primary N) is 1. The number of halogens is 2. The third kappa shape index (κ3) is 6.86. The molecule has 1 aliphatic rings. The highest BCUT2D eigenvalue weighted by Gasteiger charge is 2.28. The molecule has 1 aromatic heterocycles. The van der Waals surface area contributed by atoms with Gasteiger partial charge in [0.1, 0.15) is 6.61 Å². The molecule has 3 N–H and O–H groups in total. The standard InChI is InChI=1S/C20H25N3O3.2ClH/c1-2-25-19-10-16(20(24)23-12-17(21)15-5-6-15)7-8-18(19)26-13-14-4-3-9-22-11-14;;/h3-4,7-11,15,17H,2,5-6,12-13,21H2,1H3,(H,23,24);2*1H. The second-order valence-electron chi connectivity index (χ2n) is 6.46. The molecule has 1 atom stereocenters. The van der Waals surface area contributed by atoms with Crippen LogP contribution in [0.1, 0.15) is 35.7 Å². The van der Waals surface area contributed by atoms with Crippen LogP contribution in [0.25, 0.3) is 0 Å². The van der Waals surface area contributed by atoms with Gasteiger partial charge in [0.25, 0.3) is 5.91 Å². The summed E-state index contributed by atoms with van der Waals surface area (Å²) in [6, 6.07) is 9.04. The van der Waals surface area contributed by atoms with Gasteiger partial charge in [-0.2, -0.15) is 0 Å². The molecule has 6 nitrogen and oxygen atoms in total. The third-order valence-electron chi connectivity index (χ3n) is 4.35. The van der Waals surface area contributed by atoms with Gasteiger partial charge in [-0.05, 0) is 49.9 Å². The molecule has 3 rings (SSSR count). The quantitative estimate of drug-likeness (QED) is 0.640. The minimum Gasteiger partial charge on any atom is -0.490 e. The van der Waals surface area contributed by atoms with Crippen LogP contribution in [-0.2, 0) is 6.61 Å². The van der Waals surface area contributed by atoms with Crippen LogP contribution in [0.5, 0.6) is 11.5 Å². The van der Waals surface area contributed by atoms with Crippen LogP contribution in [-0.4, -0.2) is 30.1 Å². The molecule has 0 radical (unpaired) electrons. The molecule has 1 fully saturated rings. The number of aromatic nitrogens is 1. The van der Waals surface area contributed by atoms with Crippen LogP contribution in [0, 0.1) is 5.92 Å². The second-order valence-corrected chi connectivity index (χ2v) is 6.46. The lowest BCUT2D eigenvalue weighted by atomic mass is 10.1. The average molecular weight is 428 g/mol. The van der Waals surface area contributed by atoms with Gasteiger partial charge < -0.3 is 20.5 Å². The zero-order valence-electron chi connectivity index (χ0n) is 15.8. The number of hydrogen-bond donors (Lipinski definition) is 2. The molecule has 1 aromatic carbocycles. The normalized spacial score (nSPS) is 13.5. The fourth-order valence-corrected chi connectivity index (χ4v) is 2.69. The molecule has 1 heterocycles. The number of carbonyl (C=O) groups is 1. The summed E-state index contributed by atoms with van der Waals surface area (Å²) < 4.78 is 11.5. The Labute approximate surface area is 178 Å². The smallest absolute Gasteiger partial charge is 0.251 e. The number of pyridine rings is 1. The van der Waals surface area contributed by atoms with Gasteiger partial charge in [-0.15, -0.1) is 24.8 Å². The minimum atomic E-state index is -0.152. The summed E-state index contributed by atoms with van der Waals surface area (Å²) in [6.45, 7) is 3.26. The first kappa shape index (κ1) is 24.0. The highest BCUT2D eigenvalue weighted by atomic mass is 35.5. The summed E-state index contributed by atoms with van der Waals surface area (Å²) in [7, 11) is 0. The van der Waals surface area contributed by atoms with Gasteiger partial charge in [0.15, 0.2) is 11.5 Å². The van der Waals surface area contributed by atoms with Crippen molar-refractivity contribution in [2.45, 2.75) is 32.4 Å². The Morgan fingerprint density at radius 3 is 2.68 bits per heavy atom. The summed E-state index contributed by atoms with van der Waals surface area (Å²) in [5.74, 6) is 1.55. The summed E-state index contributed by atoms with van der Waals surface area (Å²) >= 11 is 0. The first-order valence-electron chi connectivity index (χ1n) is 8.99. The van der Waals surface area contributed by atoms with Crippen molar-refractivity contribution in [2.75, 3.05) is 13.2 Å². The fourth-order valence-electron chi connectivity index (χ4n) is 2.69. The first-order chi connectivity index (χ1) is 12.7. The molecule has 154 valence electrons. The van der Waals surface area contributed by atoms with Gasteiger partial charge in [-0.25, -0.2) is 0 Å². The summed E-state index contributed by atoms with van der Waals surface area (Å²) in [4.78, 5) is 16.4. The number of ether oxygens (including phenoxy) is 2. The maximum absolute atomic E-state index is 12.4. The van der Waals surface area contributed by atoms with Gasteiger partial charge in [0.05, 0.1) is 6.61 Å². The molecule has 28 heavy (non-hydrogen) atoms. The van der Waals surface area contributed by atoms with E-state index >= 15 is 0 Å². The van der Waals surface area contributed by atoms with Gasteiger partial charge in [0.2, 0.25) is 0 Å². The summed E-state index contributed by atoms with van der Waals surface area (Å²) in [5, 5.41) is 2.90. The van der Waals surface area contributed by atoms with Gasteiger partial charge >= 0.3 is 0 Å². The van der Waals surface area contributed by atoms with Crippen molar-refractivity contribution < 1.29 is 14.3 Å². The number of carbonyl (C=O) groups excluding carboxylic acids is 1. The molecule has 0 saturated heterocycles. The largest absolute Gasteiger partial charge is 0.490 e. The van der Waals surface area contributed by atoms with E-state index in [1.807, 2.05) is 19.1 Å². The molecular weight excluding hydrogens is 401 g/mol.